The van der Waals surface area contributed by atoms with Crippen LogP contribution in [0.2, 0.25) is 0 Å². The van der Waals surface area contributed by atoms with Gasteiger partial charge in [-0.1, -0.05) is 12.5 Å². The molecule has 0 radical (unpaired) electrons. The molecule has 2 aromatic rings. The van der Waals surface area contributed by atoms with Crippen LogP contribution in [0.3, 0.4) is 0 Å². The standard InChI is InChI=1S/C22H23F2N3O5S/c1-31-18-11-14(6-9-17(18)32-22(23)24)13-25-21(28)15-7-8-16-19(12-15)33(29,30)26-20-5-3-2-4-10-27(16)20/h6-9,11-12,22H,2-5,10,13H2,1H3,(H,25,28). The van der Waals surface area contributed by atoms with E-state index >= 15 is 0 Å². The molecular formula is C22H23F2N3O5S. The van der Waals surface area contributed by atoms with Crippen LogP contribution < -0.4 is 19.7 Å². The molecule has 0 bridgehead atoms. The Morgan fingerprint density at radius 3 is 2.73 bits per heavy atom. The van der Waals surface area contributed by atoms with Crippen LogP contribution in [-0.4, -0.2) is 40.4 Å². The van der Waals surface area contributed by atoms with E-state index in [1.54, 1.807) is 12.1 Å². The number of alkyl halides is 2. The number of hydrogen-bond acceptors (Lipinski definition) is 6. The molecule has 4 rings (SSSR count). The first kappa shape index (κ1) is 23.0. The lowest BCUT2D eigenvalue weighted by molar-refractivity contribution is -0.0512. The van der Waals surface area contributed by atoms with Crippen molar-refractivity contribution in [3.05, 3.63) is 47.5 Å². The van der Waals surface area contributed by atoms with Crippen molar-refractivity contribution in [1.82, 2.24) is 5.32 Å². The van der Waals surface area contributed by atoms with Gasteiger partial charge in [0.2, 0.25) is 0 Å². The molecule has 0 aliphatic carbocycles. The molecule has 8 nitrogen and oxygen atoms in total. The summed E-state index contributed by atoms with van der Waals surface area (Å²) in [5, 5.41) is 2.70. The summed E-state index contributed by atoms with van der Waals surface area (Å²) in [5.74, 6) is 0.0554. The highest BCUT2D eigenvalue weighted by atomic mass is 32.2. The number of carbonyl (C=O) groups excluding carboxylic acids is 1. The van der Waals surface area contributed by atoms with Crippen molar-refractivity contribution in [1.29, 1.82) is 0 Å². The minimum absolute atomic E-state index is 0.0102. The van der Waals surface area contributed by atoms with Gasteiger partial charge in [-0.3, -0.25) is 4.79 Å². The zero-order valence-corrected chi connectivity index (χ0v) is 18.7. The number of carbonyl (C=O) groups is 1. The van der Waals surface area contributed by atoms with Crippen LogP contribution in [0.4, 0.5) is 14.5 Å². The molecule has 1 amide bonds. The van der Waals surface area contributed by atoms with Gasteiger partial charge < -0.3 is 19.7 Å². The first-order valence-electron chi connectivity index (χ1n) is 10.4. The van der Waals surface area contributed by atoms with Crippen molar-refractivity contribution in [2.24, 2.45) is 4.40 Å². The topological polar surface area (TPSA) is 97.3 Å². The van der Waals surface area contributed by atoms with Gasteiger partial charge in [0.1, 0.15) is 10.7 Å². The van der Waals surface area contributed by atoms with E-state index in [0.717, 1.165) is 19.3 Å². The quantitative estimate of drug-likeness (QED) is 0.679. The largest absolute Gasteiger partial charge is 0.493 e. The monoisotopic (exact) mass is 479 g/mol. The minimum atomic E-state index is -3.90. The Morgan fingerprint density at radius 2 is 1.97 bits per heavy atom. The van der Waals surface area contributed by atoms with Gasteiger partial charge in [-0.15, -0.1) is 4.40 Å². The summed E-state index contributed by atoms with van der Waals surface area (Å²) in [4.78, 5) is 14.6. The minimum Gasteiger partial charge on any atom is -0.493 e. The van der Waals surface area contributed by atoms with Gasteiger partial charge in [0.15, 0.2) is 11.5 Å². The van der Waals surface area contributed by atoms with Gasteiger partial charge in [0.05, 0.1) is 12.8 Å². The fraction of sp³-hybridized carbons (Fsp3) is 0.364. The number of fused-ring (bicyclic) bond motifs is 3. The third kappa shape index (κ3) is 4.92. The summed E-state index contributed by atoms with van der Waals surface area (Å²) >= 11 is 0. The normalized spacial score (nSPS) is 16.8. The van der Waals surface area contributed by atoms with Gasteiger partial charge in [0, 0.05) is 25.1 Å². The molecule has 11 heteroatoms. The number of nitrogens with one attached hydrogen (secondary N) is 1. The lowest BCUT2D eigenvalue weighted by Gasteiger charge is -2.29. The summed E-state index contributed by atoms with van der Waals surface area (Å²) in [6, 6.07) is 8.89. The second kappa shape index (κ2) is 9.34. The maximum absolute atomic E-state index is 12.7. The van der Waals surface area contributed by atoms with E-state index in [2.05, 4.69) is 14.5 Å². The van der Waals surface area contributed by atoms with E-state index in [-0.39, 0.29) is 28.5 Å². The molecular weight excluding hydrogens is 456 g/mol. The highest BCUT2D eigenvalue weighted by molar-refractivity contribution is 7.90. The Kier molecular flexibility index (Phi) is 6.50. The number of sulfonamides is 1. The van der Waals surface area contributed by atoms with Crippen LogP contribution in [0.25, 0.3) is 0 Å². The van der Waals surface area contributed by atoms with Crippen LogP contribution in [-0.2, 0) is 16.6 Å². The SMILES string of the molecule is COc1cc(CNC(=O)c2ccc3c(c2)S(=O)(=O)N=C2CCCCCN23)ccc1OC(F)F. The van der Waals surface area contributed by atoms with E-state index < -0.39 is 22.5 Å². The first-order valence-corrected chi connectivity index (χ1v) is 11.9. The number of nitrogens with zero attached hydrogens (tertiary/aromatic N) is 2. The lowest BCUT2D eigenvalue weighted by Crippen LogP contribution is -2.35. The molecule has 2 aliphatic rings. The second-order valence-electron chi connectivity index (χ2n) is 7.67. The van der Waals surface area contributed by atoms with E-state index in [9.17, 15) is 22.0 Å². The third-order valence-corrected chi connectivity index (χ3v) is 6.84. The Labute approximate surface area is 190 Å². The summed E-state index contributed by atoms with van der Waals surface area (Å²) in [6.45, 7) is -2.23. The van der Waals surface area contributed by atoms with Gasteiger partial charge in [-0.05, 0) is 48.7 Å². The highest BCUT2D eigenvalue weighted by Gasteiger charge is 2.32. The van der Waals surface area contributed by atoms with Crippen LogP contribution >= 0.6 is 0 Å². The summed E-state index contributed by atoms with van der Waals surface area (Å²) < 4.78 is 63.9. The molecule has 2 heterocycles. The van der Waals surface area contributed by atoms with Gasteiger partial charge in [-0.2, -0.15) is 17.2 Å². The van der Waals surface area contributed by atoms with Crippen molar-refractivity contribution < 1.29 is 31.5 Å². The molecule has 0 saturated carbocycles. The van der Waals surface area contributed by atoms with Crippen molar-refractivity contribution >= 4 is 27.5 Å². The Hall–Kier alpha value is -3.21. The molecule has 1 saturated heterocycles. The molecule has 33 heavy (non-hydrogen) atoms. The van der Waals surface area contributed by atoms with E-state index in [1.807, 2.05) is 4.90 Å². The molecule has 1 fully saturated rings. The number of methoxy groups -OCH3 is 1. The third-order valence-electron chi connectivity index (χ3n) is 5.51. The van der Waals surface area contributed by atoms with Crippen molar-refractivity contribution in [3.8, 4) is 11.5 Å². The number of ether oxygens (including phenoxy) is 2. The Morgan fingerprint density at radius 1 is 1.15 bits per heavy atom. The zero-order chi connectivity index (χ0) is 23.6. The summed E-state index contributed by atoms with van der Waals surface area (Å²) in [5.41, 5.74) is 1.31. The van der Waals surface area contributed by atoms with Gasteiger partial charge in [-0.25, -0.2) is 0 Å². The van der Waals surface area contributed by atoms with Crippen molar-refractivity contribution in [2.45, 2.75) is 43.7 Å². The molecule has 0 aromatic heterocycles. The van der Waals surface area contributed by atoms with E-state index in [0.29, 0.717) is 30.1 Å². The number of amidine groups is 1. The summed E-state index contributed by atoms with van der Waals surface area (Å²) in [6.07, 6.45) is 3.43. The van der Waals surface area contributed by atoms with E-state index in [4.69, 9.17) is 4.74 Å². The summed E-state index contributed by atoms with van der Waals surface area (Å²) in [7, 11) is -2.58. The second-order valence-corrected chi connectivity index (χ2v) is 9.25. The first-order chi connectivity index (χ1) is 15.8. The highest BCUT2D eigenvalue weighted by Crippen LogP contribution is 2.35. The number of halogens is 2. The number of anilines is 1. The molecule has 0 spiro atoms. The average Bonchev–Trinajstić information content (AvgIpc) is 3.02. The number of hydrogen-bond donors (Lipinski definition) is 1. The Bertz CT molecular complexity index is 1200. The van der Waals surface area contributed by atoms with Gasteiger partial charge >= 0.3 is 6.61 Å². The maximum Gasteiger partial charge on any atom is 0.387 e. The number of rotatable bonds is 6. The average molecular weight is 480 g/mol. The van der Waals surface area contributed by atoms with E-state index in [1.165, 1.54) is 31.4 Å². The molecule has 2 aromatic carbocycles. The van der Waals surface area contributed by atoms with Gasteiger partial charge in [0.25, 0.3) is 15.9 Å². The van der Waals surface area contributed by atoms with Crippen LogP contribution in [0, 0.1) is 0 Å². The maximum atomic E-state index is 12.7. The van der Waals surface area contributed by atoms with Crippen LogP contribution in [0.1, 0.15) is 41.6 Å². The number of benzene rings is 2. The molecule has 2 aliphatic heterocycles. The van der Waals surface area contributed by atoms with Crippen LogP contribution in [0.5, 0.6) is 11.5 Å². The van der Waals surface area contributed by atoms with Crippen molar-refractivity contribution in [2.75, 3.05) is 18.6 Å². The fourth-order valence-corrected chi connectivity index (χ4v) is 5.20. The fourth-order valence-electron chi connectivity index (χ4n) is 3.92. The lowest BCUT2D eigenvalue weighted by atomic mass is 10.1. The van der Waals surface area contributed by atoms with Crippen molar-refractivity contribution in [3.63, 3.8) is 0 Å². The molecule has 0 unspecified atom stereocenters. The Balaban J connectivity index is 1.52. The predicted molar refractivity (Wildman–Crippen MR) is 118 cm³/mol. The number of amides is 1. The molecule has 1 N–H and O–H groups in total. The zero-order valence-electron chi connectivity index (χ0n) is 17.9. The molecule has 176 valence electrons. The van der Waals surface area contributed by atoms with Crippen LogP contribution in [0.15, 0.2) is 45.7 Å². The molecule has 0 atom stereocenters. The predicted octanol–water partition coefficient (Wildman–Crippen LogP) is 3.71. The smallest absolute Gasteiger partial charge is 0.387 e.